The third kappa shape index (κ3) is 2.82. The van der Waals surface area contributed by atoms with Crippen LogP contribution in [0.3, 0.4) is 0 Å². The molecule has 0 saturated carbocycles. The van der Waals surface area contributed by atoms with E-state index < -0.39 is 0 Å². The smallest absolute Gasteiger partial charge is 0.220 e. The number of hydrogen-bond acceptors (Lipinski definition) is 4. The van der Waals surface area contributed by atoms with Crippen molar-refractivity contribution >= 4 is 5.91 Å². The normalized spacial score (nSPS) is 19.3. The fourth-order valence-corrected chi connectivity index (χ4v) is 3.08. The van der Waals surface area contributed by atoms with Gasteiger partial charge in [0, 0.05) is 44.7 Å². The van der Waals surface area contributed by atoms with Crippen LogP contribution in [-0.4, -0.2) is 51.8 Å². The first kappa shape index (κ1) is 14.5. The van der Waals surface area contributed by atoms with Crippen LogP contribution in [0.15, 0.2) is 0 Å². The molecule has 0 bridgehead atoms. The minimum atomic E-state index is 0.138. The Labute approximate surface area is 125 Å². The number of ether oxygens (including phenoxy) is 1. The molecular weight excluding hydrogens is 268 g/mol. The van der Waals surface area contributed by atoms with Gasteiger partial charge >= 0.3 is 0 Å². The van der Waals surface area contributed by atoms with Crippen LogP contribution in [0.1, 0.15) is 43.8 Å². The Balaban J connectivity index is 1.84. The van der Waals surface area contributed by atoms with Crippen molar-refractivity contribution in [2.75, 3.05) is 26.3 Å². The molecule has 2 aliphatic rings. The molecule has 3 rings (SSSR count). The number of carbonyl (C=O) groups is 1. The fraction of sp³-hybridized carbons (Fsp3) is 0.733. The number of rotatable bonds is 3. The standard InChI is InChI=1S/C15H24N4O2/c1-11(2)19-15-10-18(12(3)20)8-13(15)14(16-19)9-17-4-6-21-7-5-17/h11H,4-10H2,1-3H3. The predicted octanol–water partition coefficient (Wildman–Crippen LogP) is 1.16. The molecule has 116 valence electrons. The van der Waals surface area contributed by atoms with E-state index in [1.165, 1.54) is 11.3 Å². The maximum Gasteiger partial charge on any atom is 0.220 e. The van der Waals surface area contributed by atoms with Crippen molar-refractivity contribution in [3.8, 4) is 0 Å². The van der Waals surface area contributed by atoms with E-state index in [1.807, 2.05) is 4.90 Å². The highest BCUT2D eigenvalue weighted by molar-refractivity contribution is 5.74. The number of aromatic nitrogens is 2. The molecule has 21 heavy (non-hydrogen) atoms. The van der Waals surface area contributed by atoms with Crippen LogP contribution in [-0.2, 0) is 29.2 Å². The van der Waals surface area contributed by atoms with Crippen molar-refractivity contribution in [3.05, 3.63) is 17.0 Å². The molecule has 1 fully saturated rings. The zero-order valence-corrected chi connectivity index (χ0v) is 13.1. The van der Waals surface area contributed by atoms with E-state index in [4.69, 9.17) is 9.84 Å². The SMILES string of the molecule is CC(=O)N1Cc2c(CN3CCOCC3)nn(C(C)C)c2C1. The second kappa shape index (κ2) is 5.77. The van der Waals surface area contributed by atoms with Crippen LogP contribution in [0, 0.1) is 0 Å². The summed E-state index contributed by atoms with van der Waals surface area (Å²) in [6.07, 6.45) is 0. The minimum absolute atomic E-state index is 0.138. The molecule has 3 heterocycles. The summed E-state index contributed by atoms with van der Waals surface area (Å²) in [7, 11) is 0. The van der Waals surface area contributed by atoms with Crippen molar-refractivity contribution in [2.24, 2.45) is 0 Å². The summed E-state index contributed by atoms with van der Waals surface area (Å²) in [5.41, 5.74) is 3.60. The Hall–Kier alpha value is -1.40. The largest absolute Gasteiger partial charge is 0.379 e. The third-order valence-corrected chi connectivity index (χ3v) is 4.30. The number of nitrogens with zero attached hydrogens (tertiary/aromatic N) is 4. The Kier molecular flexibility index (Phi) is 3.99. The van der Waals surface area contributed by atoms with E-state index in [9.17, 15) is 4.79 Å². The summed E-state index contributed by atoms with van der Waals surface area (Å²) in [6, 6.07) is 0.323. The summed E-state index contributed by atoms with van der Waals surface area (Å²) in [5, 5.41) is 4.82. The molecule has 0 aromatic carbocycles. The lowest BCUT2D eigenvalue weighted by molar-refractivity contribution is -0.129. The lowest BCUT2D eigenvalue weighted by atomic mass is 10.2. The molecule has 0 atom stereocenters. The zero-order chi connectivity index (χ0) is 15.0. The molecule has 6 heteroatoms. The van der Waals surface area contributed by atoms with Crippen molar-refractivity contribution < 1.29 is 9.53 Å². The third-order valence-electron chi connectivity index (χ3n) is 4.30. The van der Waals surface area contributed by atoms with Gasteiger partial charge in [-0.2, -0.15) is 5.10 Å². The molecular formula is C15H24N4O2. The summed E-state index contributed by atoms with van der Waals surface area (Å²) in [4.78, 5) is 15.9. The van der Waals surface area contributed by atoms with Gasteiger partial charge in [-0.15, -0.1) is 0 Å². The number of amides is 1. The van der Waals surface area contributed by atoms with Gasteiger partial charge in [0.2, 0.25) is 5.91 Å². The number of carbonyl (C=O) groups excluding carboxylic acids is 1. The Bertz CT molecular complexity index is 532. The Morgan fingerprint density at radius 2 is 2.00 bits per heavy atom. The quantitative estimate of drug-likeness (QED) is 0.839. The number of hydrogen-bond donors (Lipinski definition) is 0. The van der Waals surface area contributed by atoms with Crippen LogP contribution in [0.25, 0.3) is 0 Å². The predicted molar refractivity (Wildman–Crippen MR) is 78.6 cm³/mol. The summed E-state index contributed by atoms with van der Waals surface area (Å²) >= 11 is 0. The Morgan fingerprint density at radius 3 is 2.62 bits per heavy atom. The van der Waals surface area contributed by atoms with E-state index in [0.29, 0.717) is 19.1 Å². The highest BCUT2D eigenvalue weighted by atomic mass is 16.5. The first-order valence-electron chi connectivity index (χ1n) is 7.71. The first-order chi connectivity index (χ1) is 10.1. The first-order valence-corrected chi connectivity index (χ1v) is 7.71. The van der Waals surface area contributed by atoms with Crippen LogP contribution in [0.2, 0.25) is 0 Å². The minimum Gasteiger partial charge on any atom is -0.379 e. The molecule has 1 saturated heterocycles. The van der Waals surface area contributed by atoms with E-state index >= 15 is 0 Å². The van der Waals surface area contributed by atoms with Crippen LogP contribution in [0.4, 0.5) is 0 Å². The van der Waals surface area contributed by atoms with E-state index in [1.54, 1.807) is 6.92 Å². The van der Waals surface area contributed by atoms with Crippen LogP contribution < -0.4 is 0 Å². The maximum absolute atomic E-state index is 11.7. The Morgan fingerprint density at radius 1 is 1.29 bits per heavy atom. The summed E-state index contributed by atoms with van der Waals surface area (Å²) < 4.78 is 7.49. The van der Waals surface area contributed by atoms with Gasteiger partial charge in [-0.25, -0.2) is 0 Å². The van der Waals surface area contributed by atoms with Crippen LogP contribution >= 0.6 is 0 Å². The molecule has 1 aromatic rings. The fourth-order valence-electron chi connectivity index (χ4n) is 3.08. The van der Waals surface area contributed by atoms with Gasteiger partial charge in [-0.1, -0.05) is 0 Å². The molecule has 0 radical (unpaired) electrons. The maximum atomic E-state index is 11.7. The molecule has 2 aliphatic heterocycles. The lowest BCUT2D eigenvalue weighted by Gasteiger charge is -2.26. The highest BCUT2D eigenvalue weighted by Gasteiger charge is 2.30. The van der Waals surface area contributed by atoms with Crippen molar-refractivity contribution in [2.45, 2.75) is 46.4 Å². The molecule has 1 amide bonds. The molecule has 0 aliphatic carbocycles. The van der Waals surface area contributed by atoms with Gasteiger partial charge in [0.25, 0.3) is 0 Å². The zero-order valence-electron chi connectivity index (χ0n) is 13.1. The van der Waals surface area contributed by atoms with Crippen molar-refractivity contribution in [1.29, 1.82) is 0 Å². The monoisotopic (exact) mass is 292 g/mol. The molecule has 0 spiro atoms. The molecule has 0 unspecified atom stereocenters. The van der Waals surface area contributed by atoms with Gasteiger partial charge in [0.05, 0.1) is 31.1 Å². The second-order valence-electron chi connectivity index (χ2n) is 6.17. The topological polar surface area (TPSA) is 50.6 Å². The van der Waals surface area contributed by atoms with Gasteiger partial charge < -0.3 is 9.64 Å². The molecule has 1 aromatic heterocycles. The van der Waals surface area contributed by atoms with Crippen molar-refractivity contribution in [1.82, 2.24) is 19.6 Å². The summed E-state index contributed by atoms with van der Waals surface area (Å²) in [5.74, 6) is 0.138. The van der Waals surface area contributed by atoms with Crippen LogP contribution in [0.5, 0.6) is 0 Å². The number of fused-ring (bicyclic) bond motifs is 1. The molecule has 0 N–H and O–H groups in total. The van der Waals surface area contributed by atoms with E-state index in [0.717, 1.165) is 38.5 Å². The lowest BCUT2D eigenvalue weighted by Crippen LogP contribution is -2.36. The van der Waals surface area contributed by atoms with Gasteiger partial charge in [-0.05, 0) is 13.8 Å². The van der Waals surface area contributed by atoms with Gasteiger partial charge in [0.15, 0.2) is 0 Å². The van der Waals surface area contributed by atoms with Crippen molar-refractivity contribution in [3.63, 3.8) is 0 Å². The van der Waals surface area contributed by atoms with Gasteiger partial charge in [0.1, 0.15) is 0 Å². The average molecular weight is 292 g/mol. The summed E-state index contributed by atoms with van der Waals surface area (Å²) in [6.45, 7) is 11.7. The highest BCUT2D eigenvalue weighted by Crippen LogP contribution is 2.29. The van der Waals surface area contributed by atoms with Gasteiger partial charge in [-0.3, -0.25) is 14.4 Å². The van der Waals surface area contributed by atoms with E-state index in [2.05, 4.69) is 23.4 Å². The molecule has 6 nitrogen and oxygen atoms in total. The number of morpholine rings is 1. The average Bonchev–Trinajstić information content (AvgIpc) is 3.00. The van der Waals surface area contributed by atoms with E-state index in [-0.39, 0.29) is 5.91 Å². The second-order valence-corrected chi connectivity index (χ2v) is 6.17.